The van der Waals surface area contributed by atoms with Crippen molar-refractivity contribution in [2.75, 3.05) is 13.2 Å². The Hall–Kier alpha value is -1.99. The van der Waals surface area contributed by atoms with Gasteiger partial charge in [0.05, 0.1) is 10.1 Å². The van der Waals surface area contributed by atoms with E-state index >= 15 is 0 Å². The SMILES string of the molecule is C[C@@H](Sc1ccc2c(c1)OCCO2)c1nnc(-c2cccs2)o1. The van der Waals surface area contributed by atoms with E-state index in [9.17, 15) is 0 Å². The van der Waals surface area contributed by atoms with Gasteiger partial charge >= 0.3 is 0 Å². The first-order chi connectivity index (χ1) is 11.3. The van der Waals surface area contributed by atoms with Crippen LogP contribution in [0.25, 0.3) is 10.8 Å². The molecule has 23 heavy (non-hydrogen) atoms. The summed E-state index contributed by atoms with van der Waals surface area (Å²) in [5.74, 6) is 2.78. The minimum Gasteiger partial charge on any atom is -0.486 e. The Morgan fingerprint density at radius 2 is 2.00 bits per heavy atom. The van der Waals surface area contributed by atoms with Crippen molar-refractivity contribution in [1.29, 1.82) is 0 Å². The summed E-state index contributed by atoms with van der Waals surface area (Å²) in [7, 11) is 0. The van der Waals surface area contributed by atoms with Gasteiger partial charge in [-0.3, -0.25) is 0 Å². The summed E-state index contributed by atoms with van der Waals surface area (Å²) in [5, 5.41) is 10.3. The van der Waals surface area contributed by atoms with Crippen LogP contribution in [0, 0.1) is 0 Å². The number of ether oxygens (including phenoxy) is 2. The van der Waals surface area contributed by atoms with Crippen LogP contribution in [0.2, 0.25) is 0 Å². The fraction of sp³-hybridized carbons (Fsp3) is 0.250. The first-order valence-electron chi connectivity index (χ1n) is 7.23. The molecule has 0 radical (unpaired) electrons. The van der Waals surface area contributed by atoms with Crippen molar-refractivity contribution >= 4 is 23.1 Å². The van der Waals surface area contributed by atoms with E-state index in [-0.39, 0.29) is 5.25 Å². The van der Waals surface area contributed by atoms with Gasteiger partial charge in [-0.2, -0.15) is 0 Å². The van der Waals surface area contributed by atoms with E-state index in [1.165, 1.54) is 0 Å². The van der Waals surface area contributed by atoms with Crippen LogP contribution in [-0.2, 0) is 0 Å². The quantitative estimate of drug-likeness (QED) is 0.652. The molecular weight excluding hydrogens is 332 g/mol. The first-order valence-corrected chi connectivity index (χ1v) is 8.99. The zero-order valence-corrected chi connectivity index (χ0v) is 14.0. The summed E-state index contributed by atoms with van der Waals surface area (Å²) < 4.78 is 16.9. The molecule has 0 amide bonds. The van der Waals surface area contributed by atoms with Gasteiger partial charge in [0.1, 0.15) is 13.2 Å². The highest BCUT2D eigenvalue weighted by atomic mass is 32.2. The maximum absolute atomic E-state index is 5.79. The maximum atomic E-state index is 5.79. The first kappa shape index (κ1) is 14.6. The summed E-state index contributed by atoms with van der Waals surface area (Å²) in [4.78, 5) is 2.07. The van der Waals surface area contributed by atoms with E-state index in [4.69, 9.17) is 13.9 Å². The van der Waals surface area contributed by atoms with Crippen molar-refractivity contribution in [3.63, 3.8) is 0 Å². The van der Waals surface area contributed by atoms with E-state index in [0.29, 0.717) is 25.0 Å². The minimum absolute atomic E-state index is 0.0544. The van der Waals surface area contributed by atoms with Crippen LogP contribution in [0.5, 0.6) is 11.5 Å². The second-order valence-corrected chi connectivity index (χ2v) is 7.35. The Morgan fingerprint density at radius 3 is 2.83 bits per heavy atom. The van der Waals surface area contributed by atoms with Crippen LogP contribution in [0.1, 0.15) is 18.1 Å². The molecule has 0 saturated heterocycles. The summed E-state index contributed by atoms with van der Waals surface area (Å²) in [6, 6.07) is 9.89. The van der Waals surface area contributed by atoms with Gasteiger partial charge in [0, 0.05) is 4.90 Å². The van der Waals surface area contributed by atoms with Crippen LogP contribution < -0.4 is 9.47 Å². The molecule has 118 valence electrons. The van der Waals surface area contributed by atoms with Crippen molar-refractivity contribution in [2.45, 2.75) is 17.1 Å². The highest BCUT2D eigenvalue weighted by Crippen LogP contribution is 2.40. The van der Waals surface area contributed by atoms with Gasteiger partial charge in [0.2, 0.25) is 5.89 Å². The van der Waals surface area contributed by atoms with Crippen LogP contribution in [0.15, 0.2) is 45.0 Å². The lowest BCUT2D eigenvalue weighted by Gasteiger charge is -2.19. The molecule has 4 rings (SSSR count). The topological polar surface area (TPSA) is 57.4 Å². The Balaban J connectivity index is 1.50. The molecule has 0 fully saturated rings. The highest BCUT2D eigenvalue weighted by Gasteiger charge is 2.18. The number of thiophene rings is 1. The Morgan fingerprint density at radius 1 is 1.13 bits per heavy atom. The van der Waals surface area contributed by atoms with Gasteiger partial charge in [-0.05, 0) is 36.6 Å². The lowest BCUT2D eigenvalue weighted by atomic mass is 10.3. The average molecular weight is 346 g/mol. The van der Waals surface area contributed by atoms with Crippen molar-refractivity contribution in [2.24, 2.45) is 0 Å². The van der Waals surface area contributed by atoms with E-state index in [1.54, 1.807) is 23.1 Å². The van der Waals surface area contributed by atoms with Crippen molar-refractivity contribution in [1.82, 2.24) is 10.2 Å². The molecule has 1 aliphatic heterocycles. The van der Waals surface area contributed by atoms with Crippen molar-refractivity contribution in [3.05, 3.63) is 41.6 Å². The smallest absolute Gasteiger partial charge is 0.257 e. The van der Waals surface area contributed by atoms with E-state index in [2.05, 4.69) is 10.2 Å². The number of hydrogen-bond acceptors (Lipinski definition) is 7. The normalized spacial score (nSPS) is 14.7. The molecule has 0 unspecified atom stereocenters. The number of rotatable bonds is 4. The molecule has 1 atom stereocenters. The van der Waals surface area contributed by atoms with Gasteiger partial charge in [0.25, 0.3) is 5.89 Å². The third-order valence-corrected chi connectivity index (χ3v) is 5.29. The number of hydrogen-bond donors (Lipinski definition) is 0. The zero-order valence-electron chi connectivity index (χ0n) is 12.4. The Labute approximate surface area is 141 Å². The molecule has 3 aromatic rings. The van der Waals surface area contributed by atoms with Crippen molar-refractivity contribution in [3.8, 4) is 22.3 Å². The standard InChI is InChI=1S/C16H14N2O3S2/c1-10(15-17-18-16(21-15)14-3-2-8-22-14)23-11-4-5-12-13(9-11)20-7-6-19-12/h2-5,8-10H,6-7H2,1H3/t10-/m1/s1. The van der Waals surface area contributed by atoms with E-state index < -0.39 is 0 Å². The van der Waals surface area contributed by atoms with Crippen LogP contribution >= 0.6 is 23.1 Å². The molecule has 1 aliphatic rings. The van der Waals surface area contributed by atoms with E-state index in [0.717, 1.165) is 21.3 Å². The average Bonchev–Trinajstić information content (AvgIpc) is 3.26. The molecule has 3 heterocycles. The monoisotopic (exact) mass is 346 g/mol. The van der Waals surface area contributed by atoms with Crippen molar-refractivity contribution < 1.29 is 13.9 Å². The highest BCUT2D eigenvalue weighted by molar-refractivity contribution is 7.99. The molecule has 2 aromatic heterocycles. The number of nitrogens with zero attached hydrogens (tertiary/aromatic N) is 2. The zero-order chi connectivity index (χ0) is 15.6. The molecule has 0 bridgehead atoms. The third kappa shape index (κ3) is 3.07. The van der Waals surface area contributed by atoms with Gasteiger partial charge in [0.15, 0.2) is 11.5 Å². The number of fused-ring (bicyclic) bond motifs is 1. The summed E-state index contributed by atoms with van der Waals surface area (Å²) in [5.41, 5.74) is 0. The molecule has 5 nitrogen and oxygen atoms in total. The predicted octanol–water partition coefficient (Wildman–Crippen LogP) is 4.42. The second kappa shape index (κ2) is 6.25. The van der Waals surface area contributed by atoms with Crippen LogP contribution in [0.3, 0.4) is 0 Å². The van der Waals surface area contributed by atoms with Crippen LogP contribution in [0.4, 0.5) is 0 Å². The second-order valence-electron chi connectivity index (χ2n) is 4.99. The summed E-state index contributed by atoms with van der Waals surface area (Å²) in [6.45, 7) is 3.24. The molecular formula is C16H14N2O3S2. The molecule has 7 heteroatoms. The van der Waals surface area contributed by atoms with Gasteiger partial charge in [-0.25, -0.2) is 0 Å². The lowest BCUT2D eigenvalue weighted by molar-refractivity contribution is 0.171. The van der Waals surface area contributed by atoms with Crippen LogP contribution in [-0.4, -0.2) is 23.4 Å². The fourth-order valence-corrected chi connectivity index (χ4v) is 3.82. The van der Waals surface area contributed by atoms with E-state index in [1.807, 2.05) is 42.6 Å². The predicted molar refractivity (Wildman–Crippen MR) is 89.3 cm³/mol. The lowest BCUT2D eigenvalue weighted by Crippen LogP contribution is -2.15. The molecule has 1 aromatic carbocycles. The van der Waals surface area contributed by atoms with Gasteiger partial charge in [-0.1, -0.05) is 6.07 Å². The fourth-order valence-electron chi connectivity index (χ4n) is 2.25. The number of benzene rings is 1. The largest absolute Gasteiger partial charge is 0.486 e. The molecule has 0 spiro atoms. The Bertz CT molecular complexity index is 802. The maximum Gasteiger partial charge on any atom is 0.257 e. The Kier molecular flexibility index (Phi) is 3.97. The minimum atomic E-state index is 0.0544. The van der Waals surface area contributed by atoms with Gasteiger partial charge < -0.3 is 13.9 Å². The molecule has 0 N–H and O–H groups in total. The third-order valence-electron chi connectivity index (χ3n) is 3.35. The van der Waals surface area contributed by atoms with Gasteiger partial charge in [-0.15, -0.1) is 33.3 Å². The number of thioether (sulfide) groups is 1. The summed E-state index contributed by atoms with van der Waals surface area (Å²) in [6.07, 6.45) is 0. The number of aromatic nitrogens is 2. The molecule has 0 aliphatic carbocycles. The molecule has 0 saturated carbocycles. The summed E-state index contributed by atoms with van der Waals surface area (Å²) >= 11 is 3.24.